The van der Waals surface area contributed by atoms with Crippen molar-refractivity contribution in [3.63, 3.8) is 0 Å². The Morgan fingerprint density at radius 3 is 2.00 bits per heavy atom. The molecule has 2 aromatic rings. The molecule has 0 unspecified atom stereocenters. The summed E-state index contributed by atoms with van der Waals surface area (Å²) < 4.78 is 15.7. The van der Waals surface area contributed by atoms with E-state index in [4.69, 9.17) is 25.8 Å². The van der Waals surface area contributed by atoms with Crippen molar-refractivity contribution in [1.82, 2.24) is 0 Å². The number of hydrogen-bond donors (Lipinski definition) is 1. The fraction of sp³-hybridized carbons (Fsp3) is 0.188. The summed E-state index contributed by atoms with van der Waals surface area (Å²) in [5.41, 5.74) is 0.973. The molecular formula is C16H16ClNO4. The average Bonchev–Trinajstić information content (AvgIpc) is 2.55. The number of carbonyl (C=O) groups is 1. The number of methoxy groups -OCH3 is 3. The monoisotopic (exact) mass is 321 g/mol. The van der Waals surface area contributed by atoms with Gasteiger partial charge in [-0.3, -0.25) is 4.79 Å². The second-order valence-corrected chi connectivity index (χ2v) is 4.80. The standard InChI is InChI=1S/C16H16ClNO4/c1-20-13-9-15(22-3)14(21-2)8-12(13)16(19)18-11-6-4-10(17)5-7-11/h4-9H,1-3H3,(H,18,19). The molecule has 0 fully saturated rings. The van der Waals surface area contributed by atoms with E-state index in [1.165, 1.54) is 21.3 Å². The molecule has 2 aromatic carbocycles. The Balaban J connectivity index is 2.33. The van der Waals surface area contributed by atoms with Crippen LogP contribution in [0.25, 0.3) is 0 Å². The lowest BCUT2D eigenvalue weighted by Gasteiger charge is -2.14. The highest BCUT2D eigenvalue weighted by Crippen LogP contribution is 2.34. The summed E-state index contributed by atoms with van der Waals surface area (Å²) in [4.78, 5) is 12.4. The van der Waals surface area contributed by atoms with Crippen molar-refractivity contribution in [2.24, 2.45) is 0 Å². The van der Waals surface area contributed by atoms with Gasteiger partial charge in [0.05, 0.1) is 26.9 Å². The zero-order valence-electron chi connectivity index (χ0n) is 12.5. The Hall–Kier alpha value is -2.40. The predicted octanol–water partition coefficient (Wildman–Crippen LogP) is 3.62. The lowest BCUT2D eigenvalue weighted by molar-refractivity contribution is 0.102. The van der Waals surface area contributed by atoms with Gasteiger partial charge in [-0.25, -0.2) is 0 Å². The first kappa shape index (κ1) is 16.0. The fourth-order valence-electron chi connectivity index (χ4n) is 1.94. The summed E-state index contributed by atoms with van der Waals surface area (Å²) >= 11 is 5.82. The van der Waals surface area contributed by atoms with Crippen LogP contribution >= 0.6 is 11.6 Å². The number of amides is 1. The zero-order valence-corrected chi connectivity index (χ0v) is 13.2. The van der Waals surface area contributed by atoms with Crippen LogP contribution in [0.15, 0.2) is 36.4 Å². The molecule has 0 spiro atoms. The van der Waals surface area contributed by atoms with Crippen LogP contribution in [0.1, 0.15) is 10.4 Å². The van der Waals surface area contributed by atoms with Crippen LogP contribution in [0.4, 0.5) is 5.69 Å². The van der Waals surface area contributed by atoms with Crippen molar-refractivity contribution in [3.05, 3.63) is 47.0 Å². The molecule has 0 radical (unpaired) electrons. The van der Waals surface area contributed by atoms with Gasteiger partial charge in [-0.15, -0.1) is 0 Å². The molecule has 6 heteroatoms. The Morgan fingerprint density at radius 2 is 1.45 bits per heavy atom. The number of halogens is 1. The predicted molar refractivity (Wildman–Crippen MR) is 85.5 cm³/mol. The topological polar surface area (TPSA) is 56.8 Å². The minimum Gasteiger partial charge on any atom is -0.496 e. The number of ether oxygens (including phenoxy) is 3. The Morgan fingerprint density at radius 1 is 0.909 bits per heavy atom. The number of benzene rings is 2. The maximum Gasteiger partial charge on any atom is 0.259 e. The molecule has 0 aliphatic carbocycles. The van der Waals surface area contributed by atoms with E-state index in [2.05, 4.69) is 5.32 Å². The van der Waals surface area contributed by atoms with Crippen molar-refractivity contribution < 1.29 is 19.0 Å². The van der Waals surface area contributed by atoms with Crippen LogP contribution in [0.2, 0.25) is 5.02 Å². The molecule has 0 heterocycles. The molecule has 0 atom stereocenters. The molecule has 0 aliphatic rings. The first-order valence-corrected chi connectivity index (χ1v) is 6.83. The van der Waals surface area contributed by atoms with E-state index in [1.807, 2.05) is 0 Å². The summed E-state index contributed by atoms with van der Waals surface area (Å²) in [5.74, 6) is 1.01. The third-order valence-corrected chi connectivity index (χ3v) is 3.30. The van der Waals surface area contributed by atoms with Gasteiger partial charge in [-0.1, -0.05) is 11.6 Å². The minimum atomic E-state index is -0.319. The van der Waals surface area contributed by atoms with E-state index in [0.717, 1.165) is 0 Å². The Labute approximate surface area is 133 Å². The molecule has 0 aliphatic heterocycles. The van der Waals surface area contributed by atoms with Gasteiger partial charge in [-0.2, -0.15) is 0 Å². The lowest BCUT2D eigenvalue weighted by atomic mass is 10.1. The van der Waals surface area contributed by atoms with Crippen LogP contribution in [0, 0.1) is 0 Å². The van der Waals surface area contributed by atoms with Crippen LogP contribution < -0.4 is 19.5 Å². The van der Waals surface area contributed by atoms with Crippen LogP contribution in [0.5, 0.6) is 17.2 Å². The molecule has 0 bridgehead atoms. The van der Waals surface area contributed by atoms with Crippen LogP contribution in [-0.4, -0.2) is 27.2 Å². The summed E-state index contributed by atoms with van der Waals surface area (Å²) in [6.45, 7) is 0. The second kappa shape index (κ2) is 7.04. The van der Waals surface area contributed by atoms with Crippen molar-refractivity contribution in [2.45, 2.75) is 0 Å². The third-order valence-electron chi connectivity index (χ3n) is 3.05. The molecule has 116 valence electrons. The Kier molecular flexibility index (Phi) is 5.12. The lowest BCUT2D eigenvalue weighted by Crippen LogP contribution is -2.13. The maximum absolute atomic E-state index is 12.4. The van der Waals surface area contributed by atoms with Gasteiger partial charge in [0.15, 0.2) is 11.5 Å². The van der Waals surface area contributed by atoms with Gasteiger partial charge < -0.3 is 19.5 Å². The SMILES string of the molecule is COc1cc(OC)c(C(=O)Nc2ccc(Cl)cc2)cc1OC. The van der Waals surface area contributed by atoms with Crippen LogP contribution in [-0.2, 0) is 0 Å². The van der Waals surface area contributed by atoms with Gasteiger partial charge in [0, 0.05) is 22.8 Å². The van der Waals surface area contributed by atoms with Crippen molar-refractivity contribution in [3.8, 4) is 17.2 Å². The van der Waals surface area contributed by atoms with E-state index in [9.17, 15) is 4.79 Å². The molecule has 0 aromatic heterocycles. The highest BCUT2D eigenvalue weighted by atomic mass is 35.5. The van der Waals surface area contributed by atoms with Gasteiger partial charge in [0.1, 0.15) is 5.75 Å². The van der Waals surface area contributed by atoms with E-state index in [1.54, 1.807) is 36.4 Å². The zero-order chi connectivity index (χ0) is 16.1. The summed E-state index contributed by atoms with van der Waals surface area (Å²) in [7, 11) is 4.51. The molecule has 0 saturated carbocycles. The van der Waals surface area contributed by atoms with Crippen molar-refractivity contribution in [2.75, 3.05) is 26.6 Å². The minimum absolute atomic E-state index is 0.319. The first-order valence-electron chi connectivity index (χ1n) is 6.46. The number of nitrogens with one attached hydrogen (secondary N) is 1. The molecule has 1 N–H and O–H groups in total. The fourth-order valence-corrected chi connectivity index (χ4v) is 2.06. The maximum atomic E-state index is 12.4. The van der Waals surface area contributed by atoms with Gasteiger partial charge in [-0.05, 0) is 24.3 Å². The van der Waals surface area contributed by atoms with E-state index >= 15 is 0 Å². The second-order valence-electron chi connectivity index (χ2n) is 4.37. The van der Waals surface area contributed by atoms with Gasteiger partial charge in [0.2, 0.25) is 0 Å². The summed E-state index contributed by atoms with van der Waals surface area (Å²) in [5, 5.41) is 3.37. The normalized spacial score (nSPS) is 10.0. The Bertz CT molecular complexity index is 671. The molecular weight excluding hydrogens is 306 g/mol. The number of rotatable bonds is 5. The van der Waals surface area contributed by atoms with Gasteiger partial charge in [0.25, 0.3) is 5.91 Å². The number of hydrogen-bond acceptors (Lipinski definition) is 4. The molecule has 2 rings (SSSR count). The van der Waals surface area contributed by atoms with E-state index < -0.39 is 0 Å². The molecule has 1 amide bonds. The van der Waals surface area contributed by atoms with E-state index in [0.29, 0.717) is 33.5 Å². The first-order chi connectivity index (χ1) is 10.6. The average molecular weight is 322 g/mol. The summed E-state index contributed by atoms with van der Waals surface area (Å²) in [6.07, 6.45) is 0. The van der Waals surface area contributed by atoms with E-state index in [-0.39, 0.29) is 5.91 Å². The summed E-state index contributed by atoms with van der Waals surface area (Å²) in [6, 6.07) is 10.0. The smallest absolute Gasteiger partial charge is 0.259 e. The molecule has 22 heavy (non-hydrogen) atoms. The van der Waals surface area contributed by atoms with Gasteiger partial charge >= 0.3 is 0 Å². The van der Waals surface area contributed by atoms with Crippen molar-refractivity contribution >= 4 is 23.2 Å². The highest BCUT2D eigenvalue weighted by Gasteiger charge is 2.17. The largest absolute Gasteiger partial charge is 0.496 e. The third kappa shape index (κ3) is 3.43. The number of carbonyl (C=O) groups excluding carboxylic acids is 1. The number of anilines is 1. The highest BCUT2D eigenvalue weighted by molar-refractivity contribution is 6.30. The molecule has 0 saturated heterocycles. The van der Waals surface area contributed by atoms with Crippen molar-refractivity contribution in [1.29, 1.82) is 0 Å². The molecule has 5 nitrogen and oxygen atoms in total. The quantitative estimate of drug-likeness (QED) is 0.914. The van der Waals surface area contributed by atoms with Crippen LogP contribution in [0.3, 0.4) is 0 Å².